The van der Waals surface area contributed by atoms with Gasteiger partial charge in [0.2, 0.25) is 5.75 Å². The summed E-state index contributed by atoms with van der Waals surface area (Å²) in [7, 11) is 4.41. The number of halogens is 1. The summed E-state index contributed by atoms with van der Waals surface area (Å²) in [4.78, 5) is 25.4. The molecule has 0 saturated heterocycles. The third kappa shape index (κ3) is 4.29. The fraction of sp³-hybridized carbons (Fsp3) is 0.120. The third-order valence-corrected chi connectivity index (χ3v) is 5.76. The second-order valence-electron chi connectivity index (χ2n) is 7.00. The Balaban J connectivity index is 1.69. The topological polar surface area (TPSA) is 87.0 Å². The van der Waals surface area contributed by atoms with Crippen molar-refractivity contribution in [1.29, 1.82) is 0 Å². The Morgan fingerprint density at radius 2 is 1.61 bits per heavy atom. The maximum Gasteiger partial charge on any atom is 0.256 e. The molecular formula is C25H20BrNO6. The molecule has 8 heteroatoms. The van der Waals surface area contributed by atoms with Crippen LogP contribution >= 0.6 is 15.9 Å². The molecule has 0 atom stereocenters. The zero-order valence-electron chi connectivity index (χ0n) is 18.1. The molecular weight excluding hydrogens is 490 g/mol. The van der Waals surface area contributed by atoms with E-state index < -0.39 is 0 Å². The molecule has 0 aliphatic carbocycles. The van der Waals surface area contributed by atoms with Gasteiger partial charge in [0.1, 0.15) is 16.7 Å². The van der Waals surface area contributed by atoms with Gasteiger partial charge in [-0.3, -0.25) is 9.59 Å². The third-order valence-electron chi connectivity index (χ3n) is 5.07. The molecule has 0 saturated carbocycles. The lowest BCUT2D eigenvalue weighted by Gasteiger charge is -2.14. The van der Waals surface area contributed by atoms with Crippen LogP contribution in [0.2, 0.25) is 0 Å². The fourth-order valence-corrected chi connectivity index (χ4v) is 3.96. The number of methoxy groups -OCH3 is 3. The maximum atomic E-state index is 12.9. The fourth-order valence-electron chi connectivity index (χ4n) is 3.49. The van der Waals surface area contributed by atoms with Crippen molar-refractivity contribution in [2.45, 2.75) is 0 Å². The zero-order chi connectivity index (χ0) is 23.5. The van der Waals surface area contributed by atoms with E-state index in [0.29, 0.717) is 44.1 Å². The molecule has 4 rings (SSSR count). The predicted molar refractivity (Wildman–Crippen MR) is 130 cm³/mol. The molecule has 0 spiro atoms. The van der Waals surface area contributed by atoms with Gasteiger partial charge < -0.3 is 23.9 Å². The lowest BCUT2D eigenvalue weighted by Crippen LogP contribution is -2.12. The summed E-state index contributed by atoms with van der Waals surface area (Å²) < 4.78 is 22.8. The molecule has 0 aliphatic heterocycles. The monoisotopic (exact) mass is 509 g/mol. The first kappa shape index (κ1) is 22.4. The van der Waals surface area contributed by atoms with Crippen molar-refractivity contribution in [3.8, 4) is 28.6 Å². The van der Waals surface area contributed by atoms with Crippen LogP contribution < -0.4 is 25.0 Å². The minimum atomic E-state index is -0.282. The van der Waals surface area contributed by atoms with Crippen LogP contribution in [-0.4, -0.2) is 27.2 Å². The summed E-state index contributed by atoms with van der Waals surface area (Å²) in [5.74, 6) is 1.08. The summed E-state index contributed by atoms with van der Waals surface area (Å²) in [6.45, 7) is 0. The van der Waals surface area contributed by atoms with Crippen molar-refractivity contribution < 1.29 is 23.4 Å². The van der Waals surface area contributed by atoms with Crippen LogP contribution in [0.3, 0.4) is 0 Å². The van der Waals surface area contributed by atoms with Gasteiger partial charge in [-0.1, -0.05) is 12.1 Å². The van der Waals surface area contributed by atoms with Gasteiger partial charge in [-0.15, -0.1) is 0 Å². The van der Waals surface area contributed by atoms with E-state index in [1.54, 1.807) is 48.5 Å². The van der Waals surface area contributed by atoms with Crippen LogP contribution in [0.15, 0.2) is 74.3 Å². The molecule has 1 aromatic heterocycles. The Kier molecular flexibility index (Phi) is 6.37. The van der Waals surface area contributed by atoms with Gasteiger partial charge in [-0.2, -0.15) is 0 Å². The molecule has 1 N–H and O–H groups in total. The first-order chi connectivity index (χ1) is 16.0. The standard InChI is InChI=1S/C25H20BrNO6/c1-30-21-13-20-22(24(32-3)23(21)31-2)18(28)12-19(33-20)14-8-10-15(11-9-14)27-25(29)16-6-4-5-7-17(16)26/h4-13H,1-3H3,(H,27,29). The minimum Gasteiger partial charge on any atom is -0.493 e. The second-order valence-corrected chi connectivity index (χ2v) is 7.86. The van der Waals surface area contributed by atoms with Crippen molar-refractivity contribution in [2.24, 2.45) is 0 Å². The Morgan fingerprint density at radius 3 is 2.24 bits per heavy atom. The number of carbonyl (C=O) groups is 1. The number of rotatable bonds is 6. The second kappa shape index (κ2) is 9.38. The van der Waals surface area contributed by atoms with Gasteiger partial charge in [-0.05, 0) is 52.3 Å². The van der Waals surface area contributed by atoms with E-state index in [9.17, 15) is 9.59 Å². The molecule has 0 aliphatic rings. The van der Waals surface area contributed by atoms with Crippen LogP contribution in [-0.2, 0) is 0 Å². The van der Waals surface area contributed by atoms with Gasteiger partial charge in [0.25, 0.3) is 5.91 Å². The van der Waals surface area contributed by atoms with E-state index in [1.165, 1.54) is 27.4 Å². The number of ether oxygens (including phenoxy) is 3. The van der Waals surface area contributed by atoms with E-state index in [4.69, 9.17) is 18.6 Å². The summed E-state index contributed by atoms with van der Waals surface area (Å²) in [5, 5.41) is 3.11. The Bertz CT molecular complexity index is 1390. The molecule has 0 radical (unpaired) electrons. The predicted octanol–water partition coefficient (Wildman–Crippen LogP) is 5.50. The molecule has 0 unspecified atom stereocenters. The number of carbonyl (C=O) groups excluding carboxylic acids is 1. The highest BCUT2D eigenvalue weighted by atomic mass is 79.9. The molecule has 4 aromatic rings. The minimum absolute atomic E-state index is 0.236. The average Bonchev–Trinajstić information content (AvgIpc) is 2.83. The van der Waals surface area contributed by atoms with E-state index in [0.717, 1.165) is 0 Å². The van der Waals surface area contributed by atoms with Gasteiger partial charge in [0, 0.05) is 27.9 Å². The van der Waals surface area contributed by atoms with Crippen molar-refractivity contribution in [3.63, 3.8) is 0 Å². The van der Waals surface area contributed by atoms with Crippen molar-refractivity contribution in [3.05, 3.63) is 80.9 Å². The number of nitrogens with one attached hydrogen (secondary N) is 1. The smallest absolute Gasteiger partial charge is 0.256 e. The summed E-state index contributed by atoms with van der Waals surface area (Å²) in [6, 6.07) is 17.2. The summed E-state index contributed by atoms with van der Waals surface area (Å²) in [5.41, 5.74) is 1.83. The van der Waals surface area contributed by atoms with Gasteiger partial charge in [-0.25, -0.2) is 0 Å². The lowest BCUT2D eigenvalue weighted by atomic mass is 10.1. The SMILES string of the molecule is COc1cc2oc(-c3ccc(NC(=O)c4ccccc4Br)cc3)cc(=O)c2c(OC)c1OC. The highest BCUT2D eigenvalue weighted by molar-refractivity contribution is 9.10. The Labute approximate surface area is 198 Å². The van der Waals surface area contributed by atoms with Gasteiger partial charge in [0.15, 0.2) is 16.9 Å². The zero-order valence-corrected chi connectivity index (χ0v) is 19.7. The number of fused-ring (bicyclic) bond motifs is 1. The van der Waals surface area contributed by atoms with Crippen molar-refractivity contribution in [1.82, 2.24) is 0 Å². The molecule has 1 amide bonds. The molecule has 0 bridgehead atoms. The summed E-state index contributed by atoms with van der Waals surface area (Å²) >= 11 is 3.38. The average molecular weight is 510 g/mol. The van der Waals surface area contributed by atoms with E-state index >= 15 is 0 Å². The van der Waals surface area contributed by atoms with Crippen LogP contribution in [0, 0.1) is 0 Å². The molecule has 7 nitrogen and oxygen atoms in total. The number of anilines is 1. The van der Waals surface area contributed by atoms with Gasteiger partial charge in [0.05, 0.1) is 26.9 Å². The Morgan fingerprint density at radius 1 is 0.909 bits per heavy atom. The number of amides is 1. The number of hydrogen-bond donors (Lipinski definition) is 1. The molecule has 1 heterocycles. The van der Waals surface area contributed by atoms with Crippen molar-refractivity contribution >= 4 is 38.5 Å². The van der Waals surface area contributed by atoms with Crippen LogP contribution in [0.5, 0.6) is 17.2 Å². The highest BCUT2D eigenvalue weighted by Crippen LogP contribution is 2.42. The first-order valence-electron chi connectivity index (χ1n) is 9.90. The van der Waals surface area contributed by atoms with E-state index in [-0.39, 0.29) is 22.5 Å². The normalized spacial score (nSPS) is 10.7. The van der Waals surface area contributed by atoms with E-state index in [1.807, 2.05) is 6.07 Å². The Hall–Kier alpha value is -3.78. The van der Waals surface area contributed by atoms with Crippen LogP contribution in [0.4, 0.5) is 5.69 Å². The largest absolute Gasteiger partial charge is 0.493 e. The van der Waals surface area contributed by atoms with Crippen LogP contribution in [0.1, 0.15) is 10.4 Å². The highest BCUT2D eigenvalue weighted by Gasteiger charge is 2.20. The maximum absolute atomic E-state index is 12.9. The quantitative estimate of drug-likeness (QED) is 0.369. The van der Waals surface area contributed by atoms with Gasteiger partial charge >= 0.3 is 0 Å². The van der Waals surface area contributed by atoms with Crippen LogP contribution in [0.25, 0.3) is 22.3 Å². The first-order valence-corrected chi connectivity index (χ1v) is 10.7. The number of hydrogen-bond acceptors (Lipinski definition) is 6. The molecule has 3 aromatic carbocycles. The molecule has 168 valence electrons. The van der Waals surface area contributed by atoms with Crippen molar-refractivity contribution in [2.75, 3.05) is 26.6 Å². The molecule has 33 heavy (non-hydrogen) atoms. The summed E-state index contributed by atoms with van der Waals surface area (Å²) in [6.07, 6.45) is 0. The van der Waals surface area contributed by atoms with E-state index in [2.05, 4.69) is 21.2 Å². The molecule has 0 fully saturated rings. The lowest BCUT2D eigenvalue weighted by molar-refractivity contribution is 0.102. The number of benzene rings is 3.